The molecule has 0 spiro atoms. The molecule has 0 saturated carbocycles. The van der Waals surface area contributed by atoms with E-state index in [0.717, 1.165) is 9.37 Å². The molecule has 1 aliphatic heterocycles. The molecule has 4 amide bonds. The van der Waals surface area contributed by atoms with Crippen LogP contribution in [-0.4, -0.2) is 24.5 Å². The van der Waals surface area contributed by atoms with Gasteiger partial charge in [-0.05, 0) is 64.0 Å². The number of carbonyl (C=O) groups excluding carboxylic acids is 3. The molecule has 28 heavy (non-hydrogen) atoms. The number of amides is 4. The fourth-order valence-electron chi connectivity index (χ4n) is 2.52. The van der Waals surface area contributed by atoms with Crippen molar-refractivity contribution < 1.29 is 19.1 Å². The van der Waals surface area contributed by atoms with Gasteiger partial charge in [-0.15, -0.1) is 0 Å². The standard InChI is InChI=1S/C20H14Br2N2O4/c1-2-9-28-17-8-3-12(11-16(17)22)10-15-18(25)23-20(27)24(19(15)26)14-6-4-13(21)5-7-14/h2-8,10-11H,1,9H2,(H,23,25,27)/b15-10+. The molecule has 1 saturated heterocycles. The number of hydrogen-bond donors (Lipinski definition) is 1. The van der Waals surface area contributed by atoms with E-state index in [1.807, 2.05) is 0 Å². The number of carbonyl (C=O) groups is 3. The molecule has 6 nitrogen and oxygen atoms in total. The molecule has 2 aromatic carbocycles. The van der Waals surface area contributed by atoms with Crippen LogP contribution in [0.3, 0.4) is 0 Å². The first-order chi connectivity index (χ1) is 13.4. The van der Waals surface area contributed by atoms with E-state index in [9.17, 15) is 14.4 Å². The van der Waals surface area contributed by atoms with Crippen LogP contribution in [0, 0.1) is 0 Å². The maximum atomic E-state index is 12.8. The van der Waals surface area contributed by atoms with E-state index in [1.165, 1.54) is 6.08 Å². The zero-order valence-electron chi connectivity index (χ0n) is 14.4. The SMILES string of the molecule is C=CCOc1ccc(/C=C2\C(=O)NC(=O)N(c3ccc(Br)cc3)C2=O)cc1Br. The largest absolute Gasteiger partial charge is 0.488 e. The number of barbiturate groups is 1. The van der Waals surface area contributed by atoms with Gasteiger partial charge in [0.2, 0.25) is 0 Å². The van der Waals surface area contributed by atoms with E-state index < -0.39 is 17.8 Å². The summed E-state index contributed by atoms with van der Waals surface area (Å²) in [6.07, 6.45) is 3.05. The first kappa shape index (κ1) is 20.0. The number of urea groups is 1. The summed E-state index contributed by atoms with van der Waals surface area (Å²) in [4.78, 5) is 38.2. The van der Waals surface area contributed by atoms with E-state index >= 15 is 0 Å². The van der Waals surface area contributed by atoms with Gasteiger partial charge >= 0.3 is 6.03 Å². The van der Waals surface area contributed by atoms with Crippen LogP contribution in [0.2, 0.25) is 0 Å². The number of hydrogen-bond acceptors (Lipinski definition) is 4. The fourth-order valence-corrected chi connectivity index (χ4v) is 3.30. The number of rotatable bonds is 5. The highest BCUT2D eigenvalue weighted by Gasteiger charge is 2.36. The van der Waals surface area contributed by atoms with Crippen molar-refractivity contribution in [3.8, 4) is 5.75 Å². The van der Waals surface area contributed by atoms with Crippen LogP contribution in [0.15, 0.2) is 69.6 Å². The second kappa shape index (κ2) is 8.53. The predicted molar refractivity (Wildman–Crippen MR) is 113 cm³/mol. The van der Waals surface area contributed by atoms with E-state index in [1.54, 1.807) is 48.5 Å². The first-order valence-electron chi connectivity index (χ1n) is 8.11. The average Bonchev–Trinajstić information content (AvgIpc) is 2.66. The molecule has 1 fully saturated rings. The van der Waals surface area contributed by atoms with Gasteiger partial charge in [-0.2, -0.15) is 0 Å². The summed E-state index contributed by atoms with van der Waals surface area (Å²) >= 11 is 6.70. The maximum Gasteiger partial charge on any atom is 0.335 e. The monoisotopic (exact) mass is 504 g/mol. The highest BCUT2D eigenvalue weighted by molar-refractivity contribution is 9.10. The Morgan fingerprint density at radius 3 is 2.43 bits per heavy atom. The minimum atomic E-state index is -0.788. The van der Waals surface area contributed by atoms with Gasteiger partial charge in [0, 0.05) is 4.47 Å². The molecule has 0 bridgehead atoms. The maximum absolute atomic E-state index is 12.8. The van der Waals surface area contributed by atoms with Gasteiger partial charge in [-0.25, -0.2) is 9.69 Å². The minimum absolute atomic E-state index is 0.144. The van der Waals surface area contributed by atoms with Crippen LogP contribution >= 0.6 is 31.9 Å². The molecule has 0 aromatic heterocycles. The summed E-state index contributed by atoms with van der Waals surface area (Å²) in [5.41, 5.74) is 0.814. The van der Waals surface area contributed by atoms with Crippen LogP contribution in [0.5, 0.6) is 5.75 Å². The van der Waals surface area contributed by atoms with Crippen LogP contribution in [0.25, 0.3) is 6.08 Å². The highest BCUT2D eigenvalue weighted by Crippen LogP contribution is 2.28. The quantitative estimate of drug-likeness (QED) is 0.370. The summed E-state index contributed by atoms with van der Waals surface area (Å²) < 4.78 is 6.95. The second-order valence-electron chi connectivity index (χ2n) is 5.72. The van der Waals surface area contributed by atoms with Crippen molar-refractivity contribution in [2.45, 2.75) is 0 Å². The Morgan fingerprint density at radius 2 is 1.79 bits per heavy atom. The number of anilines is 1. The lowest BCUT2D eigenvalue weighted by molar-refractivity contribution is -0.122. The van der Waals surface area contributed by atoms with Crippen molar-refractivity contribution in [3.05, 3.63) is 75.2 Å². The van der Waals surface area contributed by atoms with Crippen molar-refractivity contribution in [3.63, 3.8) is 0 Å². The van der Waals surface area contributed by atoms with Gasteiger partial charge in [0.15, 0.2) is 0 Å². The third-order valence-corrected chi connectivity index (χ3v) is 4.96. The van der Waals surface area contributed by atoms with Gasteiger partial charge in [-0.3, -0.25) is 14.9 Å². The molecule has 1 heterocycles. The molecule has 0 unspecified atom stereocenters. The minimum Gasteiger partial charge on any atom is -0.488 e. The molecule has 142 valence electrons. The lowest BCUT2D eigenvalue weighted by atomic mass is 10.1. The van der Waals surface area contributed by atoms with E-state index in [-0.39, 0.29) is 5.57 Å². The van der Waals surface area contributed by atoms with Crippen molar-refractivity contribution >= 4 is 61.5 Å². The molecule has 1 N–H and O–H groups in total. The topological polar surface area (TPSA) is 75.7 Å². The third kappa shape index (κ3) is 4.23. The van der Waals surface area contributed by atoms with Crippen LogP contribution in [0.1, 0.15) is 5.56 Å². The van der Waals surface area contributed by atoms with E-state index in [0.29, 0.717) is 28.1 Å². The number of ether oxygens (including phenoxy) is 1. The smallest absolute Gasteiger partial charge is 0.335 e. The normalized spacial score (nSPS) is 15.6. The van der Waals surface area contributed by atoms with Crippen molar-refractivity contribution in [2.24, 2.45) is 0 Å². The number of nitrogens with one attached hydrogen (secondary N) is 1. The molecule has 0 radical (unpaired) electrons. The second-order valence-corrected chi connectivity index (χ2v) is 7.49. The first-order valence-corrected chi connectivity index (χ1v) is 9.69. The Kier molecular flexibility index (Phi) is 6.11. The number of nitrogens with zero attached hydrogens (tertiary/aromatic N) is 1. The molecular formula is C20H14Br2N2O4. The zero-order valence-corrected chi connectivity index (χ0v) is 17.6. The summed E-state index contributed by atoms with van der Waals surface area (Å²) in [6.45, 7) is 3.94. The summed E-state index contributed by atoms with van der Waals surface area (Å²) in [7, 11) is 0. The van der Waals surface area contributed by atoms with Gasteiger partial charge in [-0.1, -0.05) is 34.7 Å². The molecule has 2 aromatic rings. The molecule has 3 rings (SSSR count). The predicted octanol–water partition coefficient (Wildman–Crippen LogP) is 4.44. The van der Waals surface area contributed by atoms with Crippen LogP contribution < -0.4 is 15.0 Å². The van der Waals surface area contributed by atoms with Crippen molar-refractivity contribution in [1.82, 2.24) is 5.32 Å². The highest BCUT2D eigenvalue weighted by atomic mass is 79.9. The van der Waals surface area contributed by atoms with Crippen molar-refractivity contribution in [1.29, 1.82) is 0 Å². The Balaban J connectivity index is 1.93. The van der Waals surface area contributed by atoms with Gasteiger partial charge in [0.05, 0.1) is 10.2 Å². The molecule has 1 aliphatic rings. The summed E-state index contributed by atoms with van der Waals surface area (Å²) in [5.74, 6) is -0.834. The van der Waals surface area contributed by atoms with Gasteiger partial charge in [0.1, 0.15) is 17.9 Å². The number of imide groups is 2. The Labute approximate surface area is 178 Å². The third-order valence-electron chi connectivity index (χ3n) is 3.81. The lowest BCUT2D eigenvalue weighted by Gasteiger charge is -2.26. The molecule has 8 heteroatoms. The van der Waals surface area contributed by atoms with Gasteiger partial charge in [0.25, 0.3) is 11.8 Å². The van der Waals surface area contributed by atoms with Crippen LogP contribution in [-0.2, 0) is 9.59 Å². The fraction of sp³-hybridized carbons (Fsp3) is 0.0500. The summed E-state index contributed by atoms with van der Waals surface area (Å²) in [6, 6.07) is 11.0. The zero-order chi connectivity index (χ0) is 20.3. The Bertz CT molecular complexity index is 1000. The Morgan fingerprint density at radius 1 is 1.07 bits per heavy atom. The van der Waals surface area contributed by atoms with E-state index in [4.69, 9.17) is 4.74 Å². The molecule has 0 aliphatic carbocycles. The molecular weight excluding hydrogens is 492 g/mol. The Hall–Kier alpha value is -2.71. The summed E-state index contributed by atoms with van der Waals surface area (Å²) in [5, 5.41) is 2.20. The average molecular weight is 506 g/mol. The van der Waals surface area contributed by atoms with Crippen LogP contribution in [0.4, 0.5) is 10.5 Å². The number of halogens is 2. The van der Waals surface area contributed by atoms with E-state index in [2.05, 4.69) is 43.8 Å². The van der Waals surface area contributed by atoms with Crippen molar-refractivity contribution in [2.75, 3.05) is 11.5 Å². The lowest BCUT2D eigenvalue weighted by Crippen LogP contribution is -2.54. The van der Waals surface area contributed by atoms with Gasteiger partial charge < -0.3 is 4.74 Å². The molecule has 0 atom stereocenters. The number of benzene rings is 2.